The number of fused-ring (bicyclic) bond motifs is 1. The predicted octanol–water partition coefficient (Wildman–Crippen LogP) is 3.27. The smallest absolute Gasteiger partial charge is 0.164 e. The molecule has 2 aromatic rings. The van der Waals surface area contributed by atoms with Crippen LogP contribution in [-0.2, 0) is 15.6 Å². The number of aliphatic imine (C=N–C) groups is 1. The molecule has 25 heavy (non-hydrogen) atoms. The molecule has 0 saturated carbocycles. The maximum Gasteiger partial charge on any atom is 0.164 e. The lowest BCUT2D eigenvalue weighted by Gasteiger charge is -2.26. The van der Waals surface area contributed by atoms with Crippen LogP contribution in [0, 0.1) is 6.92 Å². The summed E-state index contributed by atoms with van der Waals surface area (Å²) < 4.78 is 24.1. The van der Waals surface area contributed by atoms with Gasteiger partial charge in [-0.05, 0) is 24.6 Å². The van der Waals surface area contributed by atoms with Crippen LogP contribution >= 0.6 is 11.8 Å². The number of nitrogens with zero attached hydrogens (tertiary/aromatic N) is 2. The van der Waals surface area contributed by atoms with E-state index in [1.165, 1.54) is 11.1 Å². The Hall–Kier alpha value is -1.79. The molecule has 4 nitrogen and oxygen atoms in total. The SMILES string of the molecule is Cc1cccc(CSC2=N[C@H]3CS(=O)(=O)C[C@@H]3N2c2ccccc2)c1. The van der Waals surface area contributed by atoms with Crippen molar-refractivity contribution in [3.8, 4) is 0 Å². The summed E-state index contributed by atoms with van der Waals surface area (Å²) in [5.41, 5.74) is 3.52. The number of aryl methyl sites for hydroxylation is 1. The van der Waals surface area contributed by atoms with E-state index in [2.05, 4.69) is 36.1 Å². The standard InChI is InChI=1S/C19H20N2O2S2/c1-14-6-5-7-15(10-14)11-24-19-20-17-12-25(22,23)13-18(17)21(19)16-8-3-2-4-9-16/h2-10,17-18H,11-13H2,1H3/t17-,18-/m0/s1. The molecule has 0 aliphatic carbocycles. The lowest BCUT2D eigenvalue weighted by Crippen LogP contribution is -2.39. The molecule has 0 aromatic heterocycles. The van der Waals surface area contributed by atoms with Crippen molar-refractivity contribution in [1.82, 2.24) is 0 Å². The molecule has 6 heteroatoms. The van der Waals surface area contributed by atoms with Crippen molar-refractivity contribution in [3.63, 3.8) is 0 Å². The van der Waals surface area contributed by atoms with Crippen molar-refractivity contribution in [3.05, 3.63) is 65.7 Å². The Morgan fingerprint density at radius 1 is 1.12 bits per heavy atom. The molecule has 2 aromatic carbocycles. The van der Waals surface area contributed by atoms with Crippen molar-refractivity contribution in [2.45, 2.75) is 24.8 Å². The van der Waals surface area contributed by atoms with Gasteiger partial charge < -0.3 is 4.90 Å². The van der Waals surface area contributed by atoms with Crippen LogP contribution in [0.5, 0.6) is 0 Å². The van der Waals surface area contributed by atoms with E-state index in [0.717, 1.165) is 16.6 Å². The third-order valence-corrected chi connectivity index (χ3v) is 7.33. The second kappa shape index (κ2) is 6.50. The molecule has 1 saturated heterocycles. The van der Waals surface area contributed by atoms with Crippen LogP contribution in [0.2, 0.25) is 0 Å². The van der Waals surface area contributed by atoms with Crippen LogP contribution < -0.4 is 4.90 Å². The third-order valence-electron chi connectivity index (χ3n) is 4.59. The average Bonchev–Trinajstić information content (AvgIpc) is 3.05. The number of benzene rings is 2. The normalized spacial score (nSPS) is 24.2. The molecule has 2 atom stereocenters. The van der Waals surface area contributed by atoms with Gasteiger partial charge in [-0.3, -0.25) is 4.99 Å². The van der Waals surface area contributed by atoms with Gasteiger partial charge in [0.15, 0.2) is 15.0 Å². The van der Waals surface area contributed by atoms with E-state index in [1.807, 2.05) is 30.3 Å². The van der Waals surface area contributed by atoms with E-state index in [4.69, 9.17) is 4.99 Å². The predicted molar refractivity (Wildman–Crippen MR) is 105 cm³/mol. The fourth-order valence-electron chi connectivity index (χ4n) is 3.47. The number of anilines is 1. The quantitative estimate of drug-likeness (QED) is 0.830. The molecule has 0 radical (unpaired) electrons. The van der Waals surface area contributed by atoms with E-state index in [1.54, 1.807) is 11.8 Å². The van der Waals surface area contributed by atoms with Gasteiger partial charge in [0.1, 0.15) is 0 Å². The first-order valence-corrected chi connectivity index (χ1v) is 11.1. The van der Waals surface area contributed by atoms with E-state index < -0.39 is 9.84 Å². The number of rotatable bonds is 3. The van der Waals surface area contributed by atoms with Crippen LogP contribution in [0.25, 0.3) is 0 Å². The zero-order valence-electron chi connectivity index (χ0n) is 14.0. The number of para-hydroxylation sites is 1. The molecule has 1 fully saturated rings. The van der Waals surface area contributed by atoms with Crippen LogP contribution in [0.4, 0.5) is 5.69 Å². The van der Waals surface area contributed by atoms with Gasteiger partial charge in [0, 0.05) is 11.4 Å². The second-order valence-corrected chi connectivity index (χ2v) is 9.70. The van der Waals surface area contributed by atoms with Crippen LogP contribution in [0.3, 0.4) is 0 Å². The molecule has 2 aliphatic rings. The first kappa shape index (κ1) is 16.7. The molecule has 2 heterocycles. The summed E-state index contributed by atoms with van der Waals surface area (Å²) in [6.07, 6.45) is 0. The maximum atomic E-state index is 12.0. The summed E-state index contributed by atoms with van der Waals surface area (Å²) in [6.45, 7) is 2.09. The maximum absolute atomic E-state index is 12.0. The molecule has 4 rings (SSSR count). The third kappa shape index (κ3) is 3.46. The Kier molecular flexibility index (Phi) is 4.33. The molecule has 2 aliphatic heterocycles. The molecule has 0 bridgehead atoms. The van der Waals surface area contributed by atoms with Crippen LogP contribution in [-0.4, -0.2) is 37.2 Å². The van der Waals surface area contributed by atoms with E-state index in [0.29, 0.717) is 0 Å². The zero-order valence-corrected chi connectivity index (χ0v) is 15.6. The highest BCUT2D eigenvalue weighted by Crippen LogP contribution is 2.35. The molecule has 0 N–H and O–H groups in total. The monoisotopic (exact) mass is 372 g/mol. The number of hydrogen-bond donors (Lipinski definition) is 0. The minimum atomic E-state index is -3.00. The van der Waals surface area contributed by atoms with Gasteiger partial charge in [-0.1, -0.05) is 59.8 Å². The lowest BCUT2D eigenvalue weighted by molar-refractivity contribution is 0.601. The molecule has 0 spiro atoms. The molecule has 0 amide bonds. The fraction of sp³-hybridized carbons (Fsp3) is 0.316. The van der Waals surface area contributed by atoms with Crippen molar-refractivity contribution in [1.29, 1.82) is 0 Å². The van der Waals surface area contributed by atoms with Crippen molar-refractivity contribution < 1.29 is 8.42 Å². The summed E-state index contributed by atoms with van der Waals surface area (Å²) in [6, 6.07) is 18.2. The summed E-state index contributed by atoms with van der Waals surface area (Å²) in [5.74, 6) is 1.18. The average molecular weight is 373 g/mol. The Labute approximate surface area is 152 Å². The van der Waals surface area contributed by atoms with E-state index in [-0.39, 0.29) is 23.6 Å². The summed E-state index contributed by atoms with van der Waals surface area (Å²) in [7, 11) is -3.00. The van der Waals surface area contributed by atoms with Crippen LogP contribution in [0.1, 0.15) is 11.1 Å². The fourth-order valence-corrected chi connectivity index (χ4v) is 6.38. The first-order valence-electron chi connectivity index (χ1n) is 8.33. The van der Waals surface area contributed by atoms with Gasteiger partial charge >= 0.3 is 0 Å². The molecular formula is C19H20N2O2S2. The minimum Gasteiger partial charge on any atom is -0.315 e. The Morgan fingerprint density at radius 3 is 2.68 bits per heavy atom. The van der Waals surface area contributed by atoms with E-state index in [9.17, 15) is 8.42 Å². The first-order chi connectivity index (χ1) is 12.0. The van der Waals surface area contributed by atoms with Gasteiger partial charge in [-0.25, -0.2) is 8.42 Å². The topological polar surface area (TPSA) is 49.7 Å². The number of sulfone groups is 1. The van der Waals surface area contributed by atoms with Gasteiger partial charge in [0.25, 0.3) is 0 Å². The minimum absolute atomic E-state index is 0.0765. The van der Waals surface area contributed by atoms with Crippen molar-refractivity contribution >= 4 is 32.5 Å². The van der Waals surface area contributed by atoms with Gasteiger partial charge in [-0.15, -0.1) is 0 Å². The van der Waals surface area contributed by atoms with Gasteiger partial charge in [-0.2, -0.15) is 0 Å². The summed E-state index contributed by atoms with van der Waals surface area (Å²) in [4.78, 5) is 6.89. The molecule has 0 unspecified atom stereocenters. The molecule has 130 valence electrons. The van der Waals surface area contributed by atoms with Crippen LogP contribution in [0.15, 0.2) is 59.6 Å². The van der Waals surface area contributed by atoms with E-state index >= 15 is 0 Å². The number of thioether (sulfide) groups is 1. The summed E-state index contributed by atoms with van der Waals surface area (Å²) in [5, 5.41) is 0.928. The largest absolute Gasteiger partial charge is 0.315 e. The Morgan fingerprint density at radius 2 is 1.92 bits per heavy atom. The lowest BCUT2D eigenvalue weighted by atomic mass is 10.1. The molecular weight excluding hydrogens is 352 g/mol. The highest BCUT2D eigenvalue weighted by atomic mass is 32.2. The van der Waals surface area contributed by atoms with Crippen molar-refractivity contribution in [2.75, 3.05) is 16.4 Å². The highest BCUT2D eigenvalue weighted by Gasteiger charge is 2.47. The number of hydrogen-bond acceptors (Lipinski definition) is 5. The zero-order chi connectivity index (χ0) is 17.4. The Bertz CT molecular complexity index is 910. The second-order valence-electron chi connectivity index (χ2n) is 6.61. The summed E-state index contributed by atoms with van der Waals surface area (Å²) >= 11 is 1.69. The Balaban J connectivity index is 1.60. The highest BCUT2D eigenvalue weighted by molar-refractivity contribution is 8.13. The van der Waals surface area contributed by atoms with Crippen molar-refractivity contribution in [2.24, 2.45) is 4.99 Å². The van der Waals surface area contributed by atoms with Gasteiger partial charge in [0.05, 0.1) is 23.6 Å². The van der Waals surface area contributed by atoms with Gasteiger partial charge in [0.2, 0.25) is 0 Å². The number of amidine groups is 1.